The van der Waals surface area contributed by atoms with Gasteiger partial charge in [-0.15, -0.1) is 0 Å². The van der Waals surface area contributed by atoms with E-state index in [1.807, 2.05) is 31.2 Å². The Hall–Kier alpha value is -1.06. The van der Waals surface area contributed by atoms with Crippen molar-refractivity contribution < 1.29 is 4.79 Å². The van der Waals surface area contributed by atoms with Crippen molar-refractivity contribution in [2.24, 2.45) is 5.73 Å². The second-order valence-corrected chi connectivity index (χ2v) is 4.86. The molecule has 0 saturated heterocycles. The van der Waals surface area contributed by atoms with Crippen LogP contribution in [0.4, 0.5) is 0 Å². The number of amides is 1. The van der Waals surface area contributed by atoms with Crippen LogP contribution in [0.2, 0.25) is 5.02 Å². The number of carbonyl (C=O) groups is 1. The van der Waals surface area contributed by atoms with Crippen LogP contribution < -0.4 is 11.1 Å². The maximum absolute atomic E-state index is 11.5. The van der Waals surface area contributed by atoms with Crippen molar-refractivity contribution in [3.63, 3.8) is 0 Å². The molecule has 0 aliphatic rings. The number of hydrogen-bond donors (Lipinski definition) is 2. The van der Waals surface area contributed by atoms with Gasteiger partial charge in [0.2, 0.25) is 5.91 Å². The molecule has 0 aromatic heterocycles. The molecule has 1 aromatic rings. The van der Waals surface area contributed by atoms with Crippen LogP contribution in [-0.4, -0.2) is 18.0 Å². The highest BCUT2D eigenvalue weighted by atomic mass is 35.5. The Bertz CT molecular complexity index is 378. The molecule has 1 rings (SSSR count). The Morgan fingerprint density at radius 2 is 2.00 bits per heavy atom. The van der Waals surface area contributed by atoms with E-state index in [1.54, 1.807) is 0 Å². The summed E-state index contributed by atoms with van der Waals surface area (Å²) in [6.45, 7) is 4.66. The van der Waals surface area contributed by atoms with Crippen LogP contribution in [0.5, 0.6) is 0 Å². The normalized spacial score (nSPS) is 14.3. The molecule has 1 amide bonds. The van der Waals surface area contributed by atoms with Crippen molar-refractivity contribution in [2.75, 3.05) is 6.54 Å². The third-order valence-corrected chi connectivity index (χ3v) is 3.03. The molecule has 0 radical (unpaired) electrons. The average molecular weight is 255 g/mol. The van der Waals surface area contributed by atoms with Crippen LogP contribution in [0.25, 0.3) is 0 Å². The lowest BCUT2D eigenvalue weighted by Gasteiger charge is -2.27. The fourth-order valence-corrected chi connectivity index (χ4v) is 1.77. The monoisotopic (exact) mass is 254 g/mol. The molecule has 94 valence electrons. The minimum atomic E-state index is -0.705. The number of carbonyl (C=O) groups excluding carboxylic acids is 1. The summed E-state index contributed by atoms with van der Waals surface area (Å²) in [4.78, 5) is 11.5. The third-order valence-electron chi connectivity index (χ3n) is 2.78. The topological polar surface area (TPSA) is 55.1 Å². The van der Waals surface area contributed by atoms with Gasteiger partial charge in [0.15, 0.2) is 0 Å². The van der Waals surface area contributed by atoms with E-state index < -0.39 is 5.54 Å². The van der Waals surface area contributed by atoms with Gasteiger partial charge in [-0.3, -0.25) is 4.79 Å². The van der Waals surface area contributed by atoms with Gasteiger partial charge >= 0.3 is 0 Å². The Kier molecular flexibility index (Phi) is 4.97. The van der Waals surface area contributed by atoms with E-state index in [2.05, 4.69) is 12.2 Å². The van der Waals surface area contributed by atoms with E-state index >= 15 is 0 Å². The Morgan fingerprint density at radius 1 is 1.41 bits per heavy atom. The number of primary amides is 1. The molecule has 0 heterocycles. The summed E-state index contributed by atoms with van der Waals surface area (Å²) in [6.07, 6.45) is 1.53. The van der Waals surface area contributed by atoms with Crippen LogP contribution in [0.3, 0.4) is 0 Å². The van der Waals surface area contributed by atoms with E-state index in [4.69, 9.17) is 17.3 Å². The fourth-order valence-electron chi connectivity index (χ4n) is 1.65. The van der Waals surface area contributed by atoms with Gasteiger partial charge in [-0.05, 0) is 44.0 Å². The molecule has 3 N–H and O–H groups in total. The summed E-state index contributed by atoms with van der Waals surface area (Å²) >= 11 is 5.82. The predicted molar refractivity (Wildman–Crippen MR) is 71.0 cm³/mol. The van der Waals surface area contributed by atoms with Crippen LogP contribution in [0.15, 0.2) is 24.3 Å². The number of nitrogens with one attached hydrogen (secondary N) is 1. The lowest BCUT2D eigenvalue weighted by Crippen LogP contribution is -2.54. The van der Waals surface area contributed by atoms with Crippen molar-refractivity contribution in [1.29, 1.82) is 0 Å². The molecule has 4 heteroatoms. The Morgan fingerprint density at radius 3 is 2.47 bits per heavy atom. The summed E-state index contributed by atoms with van der Waals surface area (Å²) < 4.78 is 0. The summed E-state index contributed by atoms with van der Waals surface area (Å²) in [5.74, 6) is -0.332. The highest BCUT2D eigenvalue weighted by Gasteiger charge is 2.30. The van der Waals surface area contributed by atoms with E-state index in [0.29, 0.717) is 11.4 Å². The van der Waals surface area contributed by atoms with Crippen molar-refractivity contribution in [3.8, 4) is 0 Å². The largest absolute Gasteiger partial charge is 0.368 e. The van der Waals surface area contributed by atoms with Gasteiger partial charge in [0.25, 0.3) is 0 Å². The molecule has 3 nitrogen and oxygen atoms in total. The molecule has 1 unspecified atom stereocenters. The standard InChI is InChI=1S/C13H19ClN2O/c1-3-8-16-13(2,12(15)17)9-10-4-6-11(14)7-5-10/h4-7,16H,3,8-9H2,1-2H3,(H2,15,17). The van der Waals surface area contributed by atoms with Crippen molar-refractivity contribution in [2.45, 2.75) is 32.2 Å². The predicted octanol–water partition coefficient (Wildman–Crippen LogP) is 2.13. The summed E-state index contributed by atoms with van der Waals surface area (Å²) in [5.41, 5.74) is 5.80. The molecule has 0 aliphatic carbocycles. The molecule has 0 bridgehead atoms. The maximum Gasteiger partial charge on any atom is 0.237 e. The first-order chi connectivity index (χ1) is 7.98. The summed E-state index contributed by atoms with van der Waals surface area (Å²) in [7, 11) is 0. The number of nitrogens with two attached hydrogens (primary N) is 1. The minimum absolute atomic E-state index is 0.332. The quantitative estimate of drug-likeness (QED) is 0.817. The van der Waals surface area contributed by atoms with Gasteiger partial charge < -0.3 is 11.1 Å². The zero-order chi connectivity index (χ0) is 12.9. The molecule has 0 saturated carbocycles. The molecule has 1 atom stereocenters. The zero-order valence-electron chi connectivity index (χ0n) is 10.3. The van der Waals surface area contributed by atoms with E-state index in [1.165, 1.54) is 0 Å². The molecule has 17 heavy (non-hydrogen) atoms. The van der Waals surface area contributed by atoms with Gasteiger partial charge in [-0.2, -0.15) is 0 Å². The van der Waals surface area contributed by atoms with Gasteiger partial charge in [0.1, 0.15) is 0 Å². The second kappa shape index (κ2) is 6.03. The van der Waals surface area contributed by atoms with Gasteiger partial charge in [0.05, 0.1) is 5.54 Å². The van der Waals surface area contributed by atoms with Crippen LogP contribution >= 0.6 is 11.6 Å². The summed E-state index contributed by atoms with van der Waals surface area (Å²) in [6, 6.07) is 7.46. The van der Waals surface area contributed by atoms with E-state index in [9.17, 15) is 4.79 Å². The van der Waals surface area contributed by atoms with E-state index in [0.717, 1.165) is 18.5 Å². The number of hydrogen-bond acceptors (Lipinski definition) is 2. The van der Waals surface area contributed by atoms with Crippen LogP contribution in [0.1, 0.15) is 25.8 Å². The first kappa shape index (κ1) is 14.0. The highest BCUT2D eigenvalue weighted by molar-refractivity contribution is 6.30. The molecule has 0 aliphatic heterocycles. The lowest BCUT2D eigenvalue weighted by molar-refractivity contribution is -0.123. The van der Waals surface area contributed by atoms with Crippen molar-refractivity contribution in [3.05, 3.63) is 34.9 Å². The van der Waals surface area contributed by atoms with Crippen molar-refractivity contribution >= 4 is 17.5 Å². The van der Waals surface area contributed by atoms with Gasteiger partial charge in [-0.25, -0.2) is 0 Å². The smallest absolute Gasteiger partial charge is 0.237 e. The average Bonchev–Trinajstić information content (AvgIpc) is 2.29. The molecule has 1 aromatic carbocycles. The van der Waals surface area contributed by atoms with E-state index in [-0.39, 0.29) is 5.91 Å². The molecular formula is C13H19ClN2O. The molecular weight excluding hydrogens is 236 g/mol. The van der Waals surface area contributed by atoms with Crippen molar-refractivity contribution in [1.82, 2.24) is 5.32 Å². The Balaban J connectivity index is 2.79. The van der Waals surface area contributed by atoms with Gasteiger partial charge in [0, 0.05) is 5.02 Å². The molecule has 0 fully saturated rings. The third kappa shape index (κ3) is 4.02. The first-order valence-electron chi connectivity index (χ1n) is 5.77. The first-order valence-corrected chi connectivity index (χ1v) is 6.15. The van der Waals surface area contributed by atoms with Crippen LogP contribution in [-0.2, 0) is 11.2 Å². The van der Waals surface area contributed by atoms with Crippen LogP contribution in [0, 0.1) is 0 Å². The SMILES string of the molecule is CCCNC(C)(Cc1ccc(Cl)cc1)C(N)=O. The Labute approximate surface area is 107 Å². The maximum atomic E-state index is 11.5. The zero-order valence-corrected chi connectivity index (χ0v) is 11.1. The number of benzene rings is 1. The summed E-state index contributed by atoms with van der Waals surface area (Å²) in [5, 5.41) is 3.89. The number of rotatable bonds is 6. The fraction of sp³-hybridized carbons (Fsp3) is 0.462. The second-order valence-electron chi connectivity index (χ2n) is 4.43. The lowest BCUT2D eigenvalue weighted by atomic mass is 9.92. The van der Waals surface area contributed by atoms with Gasteiger partial charge in [-0.1, -0.05) is 30.7 Å². The minimum Gasteiger partial charge on any atom is -0.368 e. The highest BCUT2D eigenvalue weighted by Crippen LogP contribution is 2.16. The molecule has 0 spiro atoms. The number of halogens is 1.